The summed E-state index contributed by atoms with van der Waals surface area (Å²) >= 11 is 6.07. The van der Waals surface area contributed by atoms with Crippen LogP contribution in [-0.2, 0) is 0 Å². The van der Waals surface area contributed by atoms with Crippen molar-refractivity contribution in [2.45, 2.75) is 70.6 Å². The zero-order valence-corrected chi connectivity index (χ0v) is 9.58. The molecule has 0 rings (SSSR count). The second-order valence-corrected chi connectivity index (χ2v) is 5.26. The first-order chi connectivity index (χ1) is 5.56. The molecule has 1 heteroatoms. The first-order valence-corrected chi connectivity index (χ1v) is 5.63. The molecule has 0 bridgehead atoms. The summed E-state index contributed by atoms with van der Waals surface area (Å²) < 4.78 is 0. The summed E-state index contributed by atoms with van der Waals surface area (Å²) in [4.78, 5) is 0.0186. The van der Waals surface area contributed by atoms with E-state index in [-0.39, 0.29) is 4.87 Å². The standard InChI is InChI=1S/C11H23Cl/c1-4-5-6-7-8-9-10-11(2,3)12/h4-10H2,1-3H3. The van der Waals surface area contributed by atoms with E-state index in [1.54, 1.807) is 0 Å². The molecule has 0 aromatic heterocycles. The SMILES string of the molecule is CCCCCCCCC(C)(C)Cl. The van der Waals surface area contributed by atoms with Gasteiger partial charge in [0.05, 0.1) is 0 Å². The predicted octanol–water partition coefficient (Wildman–Crippen LogP) is 4.75. The van der Waals surface area contributed by atoms with Crippen LogP contribution in [0.5, 0.6) is 0 Å². The third-order valence-corrected chi connectivity index (χ3v) is 2.31. The number of alkyl halides is 1. The molecule has 0 amide bonds. The quantitative estimate of drug-likeness (QED) is 0.401. The van der Waals surface area contributed by atoms with Crippen LogP contribution < -0.4 is 0 Å². The Morgan fingerprint density at radius 2 is 1.42 bits per heavy atom. The zero-order valence-electron chi connectivity index (χ0n) is 8.83. The van der Waals surface area contributed by atoms with Gasteiger partial charge in [0, 0.05) is 4.87 Å². The highest BCUT2D eigenvalue weighted by Gasteiger charge is 2.11. The number of unbranched alkanes of at least 4 members (excludes halogenated alkanes) is 5. The molecule has 0 N–H and O–H groups in total. The third kappa shape index (κ3) is 10.3. The van der Waals surface area contributed by atoms with Crippen molar-refractivity contribution >= 4 is 11.6 Å². The molecule has 0 heterocycles. The van der Waals surface area contributed by atoms with E-state index in [9.17, 15) is 0 Å². The lowest BCUT2D eigenvalue weighted by molar-refractivity contribution is 0.536. The van der Waals surface area contributed by atoms with Crippen molar-refractivity contribution in [3.05, 3.63) is 0 Å². The van der Waals surface area contributed by atoms with Crippen LogP contribution in [0.1, 0.15) is 65.7 Å². The summed E-state index contributed by atoms with van der Waals surface area (Å²) in [5, 5.41) is 0. The Labute approximate surface area is 82.7 Å². The van der Waals surface area contributed by atoms with Gasteiger partial charge in [0.15, 0.2) is 0 Å². The van der Waals surface area contributed by atoms with Crippen molar-refractivity contribution in [1.82, 2.24) is 0 Å². The van der Waals surface area contributed by atoms with Crippen LogP contribution in [0.2, 0.25) is 0 Å². The van der Waals surface area contributed by atoms with Crippen LogP contribution in [0.4, 0.5) is 0 Å². The Balaban J connectivity index is 3.01. The van der Waals surface area contributed by atoms with E-state index >= 15 is 0 Å². The molecule has 0 nitrogen and oxygen atoms in total. The Bertz CT molecular complexity index is 91.7. The van der Waals surface area contributed by atoms with Crippen molar-refractivity contribution in [2.24, 2.45) is 0 Å². The van der Waals surface area contributed by atoms with Crippen LogP contribution >= 0.6 is 11.6 Å². The van der Waals surface area contributed by atoms with Crippen LogP contribution in [0.15, 0.2) is 0 Å². The Kier molecular flexibility index (Phi) is 6.93. The average Bonchev–Trinajstić information content (AvgIpc) is 1.94. The van der Waals surface area contributed by atoms with Gasteiger partial charge >= 0.3 is 0 Å². The smallest absolute Gasteiger partial charge is 0.0390 e. The molecule has 0 aliphatic rings. The minimum atomic E-state index is 0.0186. The lowest BCUT2D eigenvalue weighted by Gasteiger charge is -2.14. The number of rotatable bonds is 7. The molecular weight excluding hydrogens is 168 g/mol. The molecular formula is C11H23Cl. The monoisotopic (exact) mass is 190 g/mol. The molecule has 0 saturated heterocycles. The van der Waals surface area contributed by atoms with E-state index in [1.807, 2.05) is 0 Å². The van der Waals surface area contributed by atoms with Gasteiger partial charge in [-0.25, -0.2) is 0 Å². The van der Waals surface area contributed by atoms with E-state index in [1.165, 1.54) is 38.5 Å². The maximum absolute atomic E-state index is 6.07. The lowest BCUT2D eigenvalue weighted by Crippen LogP contribution is -2.08. The first-order valence-electron chi connectivity index (χ1n) is 5.25. The van der Waals surface area contributed by atoms with Crippen molar-refractivity contribution in [3.8, 4) is 0 Å². The van der Waals surface area contributed by atoms with Gasteiger partial charge in [0.25, 0.3) is 0 Å². The third-order valence-electron chi connectivity index (χ3n) is 2.12. The van der Waals surface area contributed by atoms with E-state index in [0.717, 1.165) is 6.42 Å². The highest BCUT2D eigenvalue weighted by atomic mass is 35.5. The second kappa shape index (κ2) is 6.77. The Morgan fingerprint density at radius 1 is 0.917 bits per heavy atom. The van der Waals surface area contributed by atoms with Crippen molar-refractivity contribution < 1.29 is 0 Å². The molecule has 0 fully saturated rings. The Hall–Kier alpha value is 0.290. The normalized spacial score (nSPS) is 12.0. The molecule has 0 aromatic rings. The molecule has 0 saturated carbocycles. The molecule has 12 heavy (non-hydrogen) atoms. The summed E-state index contributed by atoms with van der Waals surface area (Å²) in [6.07, 6.45) is 9.32. The summed E-state index contributed by atoms with van der Waals surface area (Å²) in [5.41, 5.74) is 0. The Morgan fingerprint density at radius 3 is 1.92 bits per heavy atom. The van der Waals surface area contributed by atoms with Gasteiger partial charge in [-0.2, -0.15) is 0 Å². The fraction of sp³-hybridized carbons (Fsp3) is 1.00. The topological polar surface area (TPSA) is 0 Å². The highest BCUT2D eigenvalue weighted by molar-refractivity contribution is 6.23. The zero-order chi connectivity index (χ0) is 9.45. The van der Waals surface area contributed by atoms with Gasteiger partial charge in [-0.15, -0.1) is 11.6 Å². The fourth-order valence-corrected chi connectivity index (χ4v) is 1.46. The van der Waals surface area contributed by atoms with Crippen LogP contribution in [0.3, 0.4) is 0 Å². The average molecular weight is 191 g/mol. The molecule has 0 unspecified atom stereocenters. The summed E-state index contributed by atoms with van der Waals surface area (Å²) in [7, 11) is 0. The predicted molar refractivity (Wildman–Crippen MR) is 57.9 cm³/mol. The molecule has 0 aliphatic heterocycles. The van der Waals surface area contributed by atoms with Gasteiger partial charge in [0.2, 0.25) is 0 Å². The fourth-order valence-electron chi connectivity index (χ4n) is 1.33. The molecule has 0 aliphatic carbocycles. The first kappa shape index (κ1) is 12.3. The van der Waals surface area contributed by atoms with E-state index in [2.05, 4.69) is 20.8 Å². The maximum atomic E-state index is 6.07. The minimum Gasteiger partial charge on any atom is -0.120 e. The van der Waals surface area contributed by atoms with Gasteiger partial charge in [0.1, 0.15) is 0 Å². The lowest BCUT2D eigenvalue weighted by atomic mass is 10.0. The minimum absolute atomic E-state index is 0.0186. The van der Waals surface area contributed by atoms with E-state index in [0.29, 0.717) is 0 Å². The number of hydrogen-bond acceptors (Lipinski definition) is 0. The van der Waals surface area contributed by atoms with Crippen molar-refractivity contribution in [1.29, 1.82) is 0 Å². The number of hydrogen-bond donors (Lipinski definition) is 0. The van der Waals surface area contributed by atoms with Gasteiger partial charge in [-0.05, 0) is 20.3 Å². The summed E-state index contributed by atoms with van der Waals surface area (Å²) in [5.74, 6) is 0. The molecule has 0 radical (unpaired) electrons. The second-order valence-electron chi connectivity index (χ2n) is 4.24. The molecule has 0 atom stereocenters. The molecule has 0 spiro atoms. The van der Waals surface area contributed by atoms with Gasteiger partial charge in [-0.1, -0.05) is 45.4 Å². The number of halogens is 1. The molecule has 74 valence electrons. The highest BCUT2D eigenvalue weighted by Crippen LogP contribution is 2.21. The maximum Gasteiger partial charge on any atom is 0.0390 e. The van der Waals surface area contributed by atoms with Crippen molar-refractivity contribution in [3.63, 3.8) is 0 Å². The van der Waals surface area contributed by atoms with E-state index in [4.69, 9.17) is 11.6 Å². The molecule has 0 aromatic carbocycles. The van der Waals surface area contributed by atoms with Crippen molar-refractivity contribution in [2.75, 3.05) is 0 Å². The van der Waals surface area contributed by atoms with E-state index < -0.39 is 0 Å². The summed E-state index contributed by atoms with van der Waals surface area (Å²) in [6, 6.07) is 0. The van der Waals surface area contributed by atoms with Gasteiger partial charge in [-0.3, -0.25) is 0 Å². The van der Waals surface area contributed by atoms with Crippen LogP contribution in [0, 0.1) is 0 Å². The van der Waals surface area contributed by atoms with Crippen LogP contribution in [0.25, 0.3) is 0 Å². The van der Waals surface area contributed by atoms with Crippen LogP contribution in [-0.4, -0.2) is 4.87 Å². The largest absolute Gasteiger partial charge is 0.120 e. The van der Waals surface area contributed by atoms with Gasteiger partial charge < -0.3 is 0 Å². The summed E-state index contributed by atoms with van der Waals surface area (Å²) in [6.45, 7) is 6.45.